The Labute approximate surface area is 171 Å². The van der Waals surface area contributed by atoms with Crippen LogP contribution in [-0.4, -0.2) is 55.5 Å². The molecule has 0 bridgehead atoms. The van der Waals surface area contributed by atoms with Crippen molar-refractivity contribution in [3.05, 3.63) is 23.8 Å². The van der Waals surface area contributed by atoms with E-state index in [4.69, 9.17) is 0 Å². The summed E-state index contributed by atoms with van der Waals surface area (Å²) in [7, 11) is 0. The minimum Gasteiger partial charge on any atom is -0.411 e. The second-order valence-electron chi connectivity index (χ2n) is 9.97. The molecule has 0 aliphatic heterocycles. The number of aliphatic hydroxyl groups is 3. The van der Waals surface area contributed by atoms with Crippen molar-refractivity contribution in [1.82, 2.24) is 0 Å². The molecule has 0 aromatic rings. The monoisotopic (exact) mass is 404 g/mol. The van der Waals surface area contributed by atoms with Gasteiger partial charge in [0.1, 0.15) is 17.0 Å². The zero-order valence-corrected chi connectivity index (χ0v) is 17.3. The summed E-state index contributed by atoms with van der Waals surface area (Å²) in [6, 6.07) is 0. The van der Waals surface area contributed by atoms with Crippen LogP contribution in [-0.2, 0) is 0 Å². The van der Waals surface area contributed by atoms with Crippen molar-refractivity contribution in [2.75, 3.05) is 6.61 Å². The Kier molecular flexibility index (Phi) is 4.72. The molecule has 3 fully saturated rings. The summed E-state index contributed by atoms with van der Waals surface area (Å²) in [6.45, 7) is 5.78. The van der Waals surface area contributed by atoms with Crippen LogP contribution in [0, 0.1) is 34.5 Å². The van der Waals surface area contributed by atoms with Crippen LogP contribution in [0.3, 0.4) is 0 Å². The molecule has 0 heterocycles. The molecule has 160 valence electrons. The van der Waals surface area contributed by atoms with Gasteiger partial charge in [-0.25, -0.2) is 0 Å². The fourth-order valence-corrected chi connectivity index (χ4v) is 7.55. The van der Waals surface area contributed by atoms with Crippen LogP contribution in [0.25, 0.3) is 0 Å². The Morgan fingerprint density at radius 1 is 1.28 bits per heavy atom. The van der Waals surface area contributed by atoms with Crippen LogP contribution in [0.1, 0.15) is 46.5 Å². The van der Waals surface area contributed by atoms with E-state index < -0.39 is 23.7 Å². The minimum atomic E-state index is -1.42. The summed E-state index contributed by atoms with van der Waals surface area (Å²) < 4.78 is 0. The molecule has 0 amide bonds. The number of allylic oxidation sites excluding steroid dienone is 4. The lowest BCUT2D eigenvalue weighted by molar-refractivity contribution is -0.148. The molecule has 0 radical (unpaired) electrons. The smallest absolute Gasteiger partial charge is 0.114 e. The minimum absolute atomic E-state index is 0.00879. The third-order valence-corrected chi connectivity index (χ3v) is 8.84. The maximum atomic E-state index is 11.5. The quantitative estimate of drug-likeness (QED) is 0.274. The molecule has 8 atom stereocenters. The van der Waals surface area contributed by atoms with Crippen molar-refractivity contribution in [3.8, 4) is 0 Å². The predicted octanol–water partition coefficient (Wildman–Crippen LogP) is 2.33. The molecule has 0 aromatic carbocycles. The Morgan fingerprint density at radius 3 is 2.62 bits per heavy atom. The topological polar surface area (TPSA) is 126 Å². The predicted molar refractivity (Wildman–Crippen MR) is 108 cm³/mol. The van der Waals surface area contributed by atoms with Gasteiger partial charge in [0.25, 0.3) is 0 Å². The molecule has 0 aromatic heterocycles. The van der Waals surface area contributed by atoms with Crippen molar-refractivity contribution >= 4 is 11.4 Å². The van der Waals surface area contributed by atoms with E-state index in [0.29, 0.717) is 18.6 Å². The summed E-state index contributed by atoms with van der Waals surface area (Å²) in [5.41, 5.74) is -0.747. The van der Waals surface area contributed by atoms with E-state index in [0.717, 1.165) is 12.8 Å². The molecular formula is C22H32N2O5. The van der Waals surface area contributed by atoms with Gasteiger partial charge in [-0.1, -0.05) is 42.7 Å². The van der Waals surface area contributed by atoms with Crippen LogP contribution in [0.2, 0.25) is 0 Å². The third kappa shape index (κ3) is 2.53. The lowest BCUT2D eigenvalue weighted by atomic mass is 9.44. The van der Waals surface area contributed by atoms with Gasteiger partial charge in [0, 0.05) is 16.7 Å². The lowest BCUT2D eigenvalue weighted by Gasteiger charge is -2.61. The van der Waals surface area contributed by atoms with Crippen LogP contribution in [0.4, 0.5) is 0 Å². The zero-order chi connectivity index (χ0) is 21.2. The summed E-state index contributed by atoms with van der Waals surface area (Å²) in [6.07, 6.45) is 7.58. The molecule has 29 heavy (non-hydrogen) atoms. The normalized spacial score (nSPS) is 50.7. The van der Waals surface area contributed by atoms with Gasteiger partial charge < -0.3 is 25.7 Å². The molecule has 0 saturated heterocycles. The first kappa shape index (κ1) is 20.6. The number of nitrogens with zero attached hydrogens (tertiary/aromatic N) is 2. The fraction of sp³-hybridized carbons (Fsp3) is 0.727. The molecule has 0 spiro atoms. The van der Waals surface area contributed by atoms with Crippen LogP contribution < -0.4 is 0 Å². The number of oxime groups is 2. The van der Waals surface area contributed by atoms with Crippen LogP contribution >= 0.6 is 0 Å². The van der Waals surface area contributed by atoms with Gasteiger partial charge in [0.15, 0.2) is 0 Å². The van der Waals surface area contributed by atoms with Gasteiger partial charge in [0.05, 0.1) is 12.7 Å². The Bertz CT molecular complexity index is 820. The van der Waals surface area contributed by atoms with Crippen molar-refractivity contribution in [1.29, 1.82) is 0 Å². The van der Waals surface area contributed by atoms with Gasteiger partial charge in [-0.2, -0.15) is 0 Å². The largest absolute Gasteiger partial charge is 0.411 e. The molecule has 3 saturated carbocycles. The highest BCUT2D eigenvalue weighted by Crippen LogP contribution is 2.67. The lowest BCUT2D eigenvalue weighted by Crippen LogP contribution is -2.62. The summed E-state index contributed by atoms with van der Waals surface area (Å²) >= 11 is 0. The average molecular weight is 405 g/mol. The molecule has 5 N–H and O–H groups in total. The molecule has 7 heteroatoms. The van der Waals surface area contributed by atoms with Crippen LogP contribution in [0.15, 0.2) is 34.1 Å². The molecule has 4 rings (SSSR count). The van der Waals surface area contributed by atoms with Gasteiger partial charge in [0.2, 0.25) is 0 Å². The number of fused-ring (bicyclic) bond motifs is 5. The Balaban J connectivity index is 1.78. The van der Waals surface area contributed by atoms with E-state index in [2.05, 4.69) is 30.2 Å². The number of aliphatic hydroxyl groups excluding tert-OH is 2. The standard InChI is InChI=1S/C22H32N2O5/c1-12-8-14-15-5-7-22(27,18(11-25)24-29)21(15,3)10-17(26)19(14)20(2)6-4-13(23-28)9-16(12)20/h4,6,9,12,14-15,17,19,25-29H,5,7-8,10-11H2,1-3H3/b23-13?,24-18+/t12-,14-,15-,17-,19+,20-,21-,22-/m0/s1. The Morgan fingerprint density at radius 2 is 2.00 bits per heavy atom. The van der Waals surface area contributed by atoms with E-state index in [1.807, 2.05) is 19.1 Å². The van der Waals surface area contributed by atoms with Crippen molar-refractivity contribution in [3.63, 3.8) is 0 Å². The van der Waals surface area contributed by atoms with E-state index in [1.165, 1.54) is 5.57 Å². The number of hydrogen-bond acceptors (Lipinski definition) is 7. The number of rotatable bonds is 2. The Hall–Kier alpha value is -1.70. The molecule has 4 aliphatic carbocycles. The average Bonchev–Trinajstić information content (AvgIpc) is 2.93. The van der Waals surface area contributed by atoms with Crippen molar-refractivity contribution in [2.24, 2.45) is 44.8 Å². The summed E-state index contributed by atoms with van der Waals surface area (Å²) in [5.74, 6) is 0.567. The first-order valence-corrected chi connectivity index (χ1v) is 10.5. The van der Waals surface area contributed by atoms with Crippen LogP contribution in [0.5, 0.6) is 0 Å². The van der Waals surface area contributed by atoms with Gasteiger partial charge in [-0.3, -0.25) is 0 Å². The fourth-order valence-electron chi connectivity index (χ4n) is 7.55. The zero-order valence-electron chi connectivity index (χ0n) is 17.3. The molecular weight excluding hydrogens is 372 g/mol. The van der Waals surface area contributed by atoms with Gasteiger partial charge in [-0.05, 0) is 55.6 Å². The highest BCUT2D eigenvalue weighted by atomic mass is 16.4. The van der Waals surface area contributed by atoms with Crippen molar-refractivity contribution < 1.29 is 25.7 Å². The molecule has 4 aliphatic rings. The van der Waals surface area contributed by atoms with Gasteiger partial charge in [-0.15, -0.1) is 0 Å². The van der Waals surface area contributed by atoms with Crippen molar-refractivity contribution in [2.45, 2.75) is 58.2 Å². The summed E-state index contributed by atoms with van der Waals surface area (Å²) in [4.78, 5) is 0. The first-order chi connectivity index (χ1) is 13.7. The first-order valence-electron chi connectivity index (χ1n) is 10.5. The van der Waals surface area contributed by atoms with E-state index >= 15 is 0 Å². The highest BCUT2D eigenvalue weighted by Gasteiger charge is 2.68. The van der Waals surface area contributed by atoms with E-state index in [-0.39, 0.29) is 34.8 Å². The van der Waals surface area contributed by atoms with Gasteiger partial charge >= 0.3 is 0 Å². The summed E-state index contributed by atoms with van der Waals surface area (Å²) in [5, 5.41) is 57.7. The SMILES string of the molecule is C[C@H]1C[C@@H]2[C@H]([C@@H](O)C[C@@]3(C)[C@H]2CC[C@]3(O)/C(CO)=N/O)[C@@]2(C)C=CC(=NO)C=C12. The maximum Gasteiger partial charge on any atom is 0.114 e. The second-order valence-corrected chi connectivity index (χ2v) is 9.97. The maximum absolute atomic E-state index is 11.5. The third-order valence-electron chi connectivity index (χ3n) is 8.84. The molecule has 7 nitrogen and oxygen atoms in total. The molecule has 0 unspecified atom stereocenters. The second kappa shape index (κ2) is 6.65. The highest BCUT2D eigenvalue weighted by molar-refractivity contribution is 6.05. The number of hydrogen-bond donors (Lipinski definition) is 5. The van der Waals surface area contributed by atoms with E-state index in [9.17, 15) is 25.7 Å². The van der Waals surface area contributed by atoms with E-state index in [1.54, 1.807) is 0 Å².